The van der Waals surface area contributed by atoms with Crippen LogP contribution in [0.2, 0.25) is 5.02 Å². The van der Waals surface area contributed by atoms with Gasteiger partial charge in [0.25, 0.3) is 0 Å². The number of Topliss-reactive ketones (excluding diaryl/α,β-unsaturated/α-hetero) is 1. The Morgan fingerprint density at radius 1 is 0.940 bits per heavy atom. The van der Waals surface area contributed by atoms with Crippen molar-refractivity contribution in [2.75, 3.05) is 44.9 Å². The first kappa shape index (κ1) is 42.3. The summed E-state index contributed by atoms with van der Waals surface area (Å²) >= 11 is 7.82. The number of ether oxygens (including phenoxy) is 5. The highest BCUT2D eigenvalue weighted by Gasteiger charge is 2.38. The van der Waals surface area contributed by atoms with Gasteiger partial charge in [-0.2, -0.15) is 0 Å². The molecule has 2 aromatic rings. The Balaban J connectivity index is 0.000000457. The van der Waals surface area contributed by atoms with Gasteiger partial charge in [-0.1, -0.05) is 23.4 Å². The summed E-state index contributed by atoms with van der Waals surface area (Å²) in [5, 5.41) is 9.13. The number of carbonyl (C=O) groups is 5. The fourth-order valence-corrected chi connectivity index (χ4v) is 6.60. The molecule has 1 unspecified atom stereocenters. The van der Waals surface area contributed by atoms with Gasteiger partial charge in [0, 0.05) is 62.0 Å². The number of nitrogens with zero attached hydrogens (tertiary/aromatic N) is 2. The van der Waals surface area contributed by atoms with Crippen LogP contribution in [0.1, 0.15) is 65.8 Å². The second-order valence-corrected chi connectivity index (χ2v) is 13.0. The van der Waals surface area contributed by atoms with E-state index in [1.165, 1.54) is 0 Å². The molecule has 0 spiro atoms. The van der Waals surface area contributed by atoms with Crippen LogP contribution in [0.25, 0.3) is 0 Å². The maximum atomic E-state index is 12.6. The number of carbonyl (C=O) groups excluding carboxylic acids is 4. The summed E-state index contributed by atoms with van der Waals surface area (Å²) in [7, 11) is 1.64. The van der Waals surface area contributed by atoms with Gasteiger partial charge in [-0.05, 0) is 70.5 Å². The van der Waals surface area contributed by atoms with Crippen molar-refractivity contribution in [3.05, 3.63) is 47.0 Å². The first-order valence-corrected chi connectivity index (χ1v) is 17.3. The first-order valence-electron chi connectivity index (χ1n) is 16.1. The lowest BCUT2D eigenvalue weighted by atomic mass is 10.1. The molecule has 13 nitrogen and oxygen atoms in total. The van der Waals surface area contributed by atoms with Gasteiger partial charge >= 0.3 is 17.9 Å². The van der Waals surface area contributed by atoms with Gasteiger partial charge in [0.2, 0.25) is 18.1 Å². The van der Waals surface area contributed by atoms with Crippen molar-refractivity contribution in [2.45, 2.75) is 83.4 Å². The number of thioether (sulfide) groups is 1. The quantitative estimate of drug-likeness (QED) is 0.159. The molecule has 1 heterocycles. The number of carboxylic acid groups (broad SMARTS) is 1. The van der Waals surface area contributed by atoms with Gasteiger partial charge in [0.05, 0.1) is 26.0 Å². The van der Waals surface area contributed by atoms with Crippen molar-refractivity contribution in [1.29, 1.82) is 0 Å². The molecule has 1 N–H and O–H groups in total. The zero-order chi connectivity index (χ0) is 37.5. The van der Waals surface area contributed by atoms with E-state index in [9.17, 15) is 24.0 Å². The molecule has 15 heteroatoms. The molecule has 0 radical (unpaired) electrons. The molecule has 1 aliphatic rings. The normalized spacial score (nSPS) is 14.6. The average Bonchev–Trinajstić information content (AvgIpc) is 3.42. The number of aliphatic carboxylic acids is 1. The van der Waals surface area contributed by atoms with Crippen molar-refractivity contribution in [1.82, 2.24) is 4.90 Å². The minimum atomic E-state index is -1.82. The Bertz CT molecular complexity index is 1460. The number of hydrogen-bond donors (Lipinski definition) is 1. The molecule has 0 aromatic heterocycles. The second-order valence-electron chi connectivity index (χ2n) is 11.4. The highest BCUT2D eigenvalue weighted by Crippen LogP contribution is 2.54. The molecule has 1 amide bonds. The van der Waals surface area contributed by atoms with Crippen molar-refractivity contribution in [2.24, 2.45) is 0 Å². The molecule has 3 rings (SSSR count). The number of ketones is 1. The van der Waals surface area contributed by atoms with E-state index in [1.807, 2.05) is 43.3 Å². The van der Waals surface area contributed by atoms with Gasteiger partial charge in [-0.25, -0.2) is 4.79 Å². The van der Waals surface area contributed by atoms with Crippen LogP contribution < -0.4 is 14.4 Å². The van der Waals surface area contributed by atoms with Crippen LogP contribution in [0.3, 0.4) is 0 Å². The first-order chi connectivity index (χ1) is 23.6. The van der Waals surface area contributed by atoms with Gasteiger partial charge in [-0.3, -0.25) is 29.0 Å². The van der Waals surface area contributed by atoms with Gasteiger partial charge in [-0.15, -0.1) is 0 Å². The lowest BCUT2D eigenvalue weighted by molar-refractivity contribution is -0.179. The number of rotatable bonds is 17. The summed E-state index contributed by atoms with van der Waals surface area (Å²) < 4.78 is 26.2. The SMILES string of the molecule is CC(=O)O[C@@H](C(C)=O)[C@@H](OC(C)=O)C(=O)O.CCOCCN(CCCOc1ccc(OC)cc1C1Sc2cc(Cl)ccc2N1C(C)=O)C(C)C. The smallest absolute Gasteiger partial charge is 0.349 e. The topological polar surface area (TPSA) is 158 Å². The van der Waals surface area contributed by atoms with Crippen molar-refractivity contribution in [3.8, 4) is 11.5 Å². The Hall–Kier alpha value is -3.85. The third-order valence-electron chi connectivity index (χ3n) is 7.29. The zero-order valence-electron chi connectivity index (χ0n) is 29.7. The molecule has 0 fully saturated rings. The average molecular weight is 739 g/mol. The fourth-order valence-electron chi connectivity index (χ4n) is 4.96. The summed E-state index contributed by atoms with van der Waals surface area (Å²) in [6.07, 6.45) is -2.56. The number of amides is 1. The highest BCUT2D eigenvalue weighted by molar-refractivity contribution is 8.00. The second kappa shape index (κ2) is 20.7. The molecule has 3 atom stereocenters. The van der Waals surface area contributed by atoms with Crippen LogP contribution in [-0.2, 0) is 38.2 Å². The lowest BCUT2D eigenvalue weighted by Crippen LogP contribution is -2.44. The van der Waals surface area contributed by atoms with Gasteiger partial charge < -0.3 is 28.8 Å². The molecule has 276 valence electrons. The summed E-state index contributed by atoms with van der Waals surface area (Å²) in [6, 6.07) is 11.8. The minimum absolute atomic E-state index is 0.0331. The van der Waals surface area contributed by atoms with Crippen LogP contribution in [-0.4, -0.2) is 97.9 Å². The van der Waals surface area contributed by atoms with Crippen LogP contribution in [0.4, 0.5) is 5.69 Å². The summed E-state index contributed by atoms with van der Waals surface area (Å²) in [5.74, 6) is -2.55. The van der Waals surface area contributed by atoms with Gasteiger partial charge in [0.1, 0.15) is 16.9 Å². The number of esters is 2. The Labute approximate surface area is 302 Å². The number of benzene rings is 2. The summed E-state index contributed by atoms with van der Waals surface area (Å²) in [4.78, 5) is 60.9. The fraction of sp³-hybridized carbons (Fsp3) is 0.514. The standard InChI is InChI=1S/C26H35ClN2O4S.C9H12O7/c1-6-32-15-13-28(18(2)3)12-7-14-33-24-11-9-21(31-5)17-22(24)26-29(19(4)30)23-10-8-20(27)16-25(23)34-26;1-4(10)7(15-5(2)11)8(9(13)14)16-6(3)12/h8-11,16-18,26H,6-7,12-15H2,1-5H3;7-8H,1-3H3,(H,13,14)/t;7-,8+/m.0/s1. The molecule has 0 aliphatic carbocycles. The predicted molar refractivity (Wildman–Crippen MR) is 189 cm³/mol. The van der Waals surface area contributed by atoms with Crippen LogP contribution in [0.5, 0.6) is 11.5 Å². The Morgan fingerprint density at radius 3 is 2.14 bits per heavy atom. The zero-order valence-corrected chi connectivity index (χ0v) is 31.3. The van der Waals surface area contributed by atoms with E-state index in [4.69, 9.17) is 30.9 Å². The highest BCUT2D eigenvalue weighted by atomic mass is 35.5. The maximum Gasteiger partial charge on any atom is 0.349 e. The number of anilines is 1. The largest absolute Gasteiger partial charge is 0.497 e. The van der Waals surface area contributed by atoms with E-state index < -0.39 is 35.9 Å². The Kier molecular flexibility index (Phi) is 17.5. The third-order valence-corrected chi connectivity index (χ3v) is 8.79. The number of methoxy groups -OCH3 is 1. The number of fused-ring (bicyclic) bond motifs is 1. The van der Waals surface area contributed by atoms with E-state index in [-0.39, 0.29) is 11.3 Å². The third kappa shape index (κ3) is 12.8. The molecular formula is C35H47ClN2O11S. The van der Waals surface area contributed by atoms with E-state index in [0.717, 1.165) is 81.1 Å². The van der Waals surface area contributed by atoms with Crippen LogP contribution in [0.15, 0.2) is 41.3 Å². The minimum Gasteiger partial charge on any atom is -0.497 e. The van der Waals surface area contributed by atoms with Crippen LogP contribution in [0, 0.1) is 0 Å². The van der Waals surface area contributed by atoms with E-state index in [0.29, 0.717) is 17.7 Å². The Morgan fingerprint density at radius 2 is 1.60 bits per heavy atom. The molecule has 2 aromatic carbocycles. The summed E-state index contributed by atoms with van der Waals surface area (Å²) in [6.45, 7) is 14.9. The van der Waals surface area contributed by atoms with Crippen molar-refractivity contribution in [3.63, 3.8) is 0 Å². The molecule has 1 aliphatic heterocycles. The monoisotopic (exact) mass is 738 g/mol. The number of halogens is 1. The molecule has 50 heavy (non-hydrogen) atoms. The molecule has 0 bridgehead atoms. The maximum absolute atomic E-state index is 12.6. The van der Waals surface area contributed by atoms with Crippen molar-refractivity contribution >= 4 is 58.6 Å². The van der Waals surface area contributed by atoms with E-state index in [1.54, 1.807) is 30.7 Å². The number of hydrogen-bond acceptors (Lipinski definition) is 12. The van der Waals surface area contributed by atoms with Gasteiger partial charge in [0.15, 0.2) is 5.78 Å². The number of carboxylic acids is 1. The summed E-state index contributed by atoms with van der Waals surface area (Å²) in [5.41, 5.74) is 1.77. The van der Waals surface area contributed by atoms with E-state index in [2.05, 4.69) is 28.2 Å². The van der Waals surface area contributed by atoms with Crippen molar-refractivity contribution < 1.29 is 52.8 Å². The van der Waals surface area contributed by atoms with E-state index >= 15 is 0 Å². The molecule has 0 saturated carbocycles. The lowest BCUT2D eigenvalue weighted by Gasteiger charge is -2.27. The predicted octanol–water partition coefficient (Wildman–Crippen LogP) is 5.55. The molecular weight excluding hydrogens is 692 g/mol. The van der Waals surface area contributed by atoms with Crippen LogP contribution >= 0.6 is 23.4 Å². The molecule has 0 saturated heterocycles.